The van der Waals surface area contributed by atoms with Crippen LogP contribution in [0.15, 0.2) is 48.6 Å². The summed E-state index contributed by atoms with van der Waals surface area (Å²) >= 11 is 0. The molecule has 6 nitrogen and oxygen atoms in total. The largest absolute Gasteiger partial charge is 0.462 e. The van der Waals surface area contributed by atoms with Gasteiger partial charge < -0.3 is 19.7 Å². The fourth-order valence-corrected chi connectivity index (χ4v) is 6.24. The van der Waals surface area contributed by atoms with Gasteiger partial charge >= 0.3 is 11.9 Å². The average Bonchev–Trinajstić information content (AvgIpc) is 3.11. The number of nitrogens with one attached hydrogen (secondary N) is 1. The van der Waals surface area contributed by atoms with Gasteiger partial charge in [-0.05, 0) is 84.1 Å². The highest BCUT2D eigenvalue weighted by Crippen LogP contribution is 2.15. The summed E-state index contributed by atoms with van der Waals surface area (Å²) in [5, 5.41) is 3.44. The Hall–Kier alpha value is -2.18. The predicted octanol–water partition coefficient (Wildman–Crippen LogP) is 11.4. The lowest BCUT2D eigenvalue weighted by molar-refractivity contribution is -0.160. The van der Waals surface area contributed by atoms with Crippen LogP contribution >= 0.6 is 0 Å². The number of unbranched alkanes of at least 4 members (excludes halogenated alkanes) is 16. The molecule has 2 unspecified atom stereocenters. The maximum absolute atomic E-state index is 12.8. The van der Waals surface area contributed by atoms with E-state index in [2.05, 4.69) is 79.7 Å². The lowest BCUT2D eigenvalue weighted by atomic mass is 10.1. The smallest absolute Gasteiger partial charge is 0.306 e. The van der Waals surface area contributed by atoms with E-state index in [9.17, 15) is 9.59 Å². The Morgan fingerprint density at radius 1 is 0.640 bits per heavy atom. The number of piperazine rings is 1. The maximum Gasteiger partial charge on any atom is 0.306 e. The molecule has 1 aliphatic heterocycles. The van der Waals surface area contributed by atoms with Crippen LogP contribution in [0.25, 0.3) is 0 Å². The van der Waals surface area contributed by atoms with Crippen LogP contribution in [-0.2, 0) is 19.1 Å². The van der Waals surface area contributed by atoms with Crippen LogP contribution in [0, 0.1) is 0 Å². The molecule has 0 bridgehead atoms. The highest BCUT2D eigenvalue weighted by atomic mass is 16.6. The summed E-state index contributed by atoms with van der Waals surface area (Å²) in [6, 6.07) is 0.262. The number of carbonyl (C=O) groups excluding carboxylic acids is 2. The van der Waals surface area contributed by atoms with E-state index in [-0.39, 0.29) is 24.6 Å². The van der Waals surface area contributed by atoms with Crippen LogP contribution in [0.3, 0.4) is 0 Å². The number of hydrogen-bond acceptors (Lipinski definition) is 6. The first kappa shape index (κ1) is 45.8. The molecule has 0 saturated carbocycles. The number of ether oxygens (including phenoxy) is 2. The number of carbonyl (C=O) groups is 2. The van der Waals surface area contributed by atoms with Gasteiger partial charge in [-0.1, -0.05) is 127 Å². The van der Waals surface area contributed by atoms with Gasteiger partial charge in [-0.2, -0.15) is 0 Å². The maximum atomic E-state index is 12.8. The quantitative estimate of drug-likeness (QED) is 0.0418. The molecule has 1 saturated heterocycles. The summed E-state index contributed by atoms with van der Waals surface area (Å²) in [5.41, 5.74) is 0. The second kappa shape index (κ2) is 35.2. The molecular weight excluding hydrogens is 620 g/mol. The molecule has 0 aliphatic carbocycles. The van der Waals surface area contributed by atoms with E-state index in [4.69, 9.17) is 9.47 Å². The van der Waals surface area contributed by atoms with Crippen molar-refractivity contribution in [3.8, 4) is 0 Å². The number of allylic oxidation sites excluding steroid dienone is 8. The molecule has 0 aromatic rings. The number of esters is 2. The highest BCUT2D eigenvalue weighted by molar-refractivity contribution is 5.70. The van der Waals surface area contributed by atoms with Gasteiger partial charge in [-0.3, -0.25) is 9.59 Å². The van der Waals surface area contributed by atoms with E-state index in [1.54, 1.807) is 0 Å². The molecule has 0 spiro atoms. The zero-order chi connectivity index (χ0) is 36.2. The fraction of sp³-hybridized carbons (Fsp3) is 0.773. The summed E-state index contributed by atoms with van der Waals surface area (Å²) in [4.78, 5) is 27.6. The minimum atomic E-state index is -0.402. The Labute approximate surface area is 309 Å². The van der Waals surface area contributed by atoms with E-state index in [1.807, 2.05) is 0 Å². The number of nitrogens with zero attached hydrogens (tertiary/aromatic N) is 1. The summed E-state index contributed by atoms with van der Waals surface area (Å²) in [7, 11) is 2.11. The van der Waals surface area contributed by atoms with Gasteiger partial charge in [0.05, 0.1) is 0 Å². The van der Waals surface area contributed by atoms with Gasteiger partial charge in [0.1, 0.15) is 12.7 Å². The molecule has 0 amide bonds. The molecule has 1 heterocycles. The van der Waals surface area contributed by atoms with E-state index >= 15 is 0 Å². The summed E-state index contributed by atoms with van der Waals surface area (Å²) in [5.74, 6) is -0.350. The van der Waals surface area contributed by atoms with E-state index in [0.717, 1.165) is 83.8 Å². The Balaban J connectivity index is 2.20. The molecule has 6 heteroatoms. The summed E-state index contributed by atoms with van der Waals surface area (Å²) in [6.45, 7) is 7.42. The first-order valence-corrected chi connectivity index (χ1v) is 20.9. The third-order valence-corrected chi connectivity index (χ3v) is 9.57. The second-order valence-corrected chi connectivity index (χ2v) is 14.3. The van der Waals surface area contributed by atoms with Crippen molar-refractivity contribution in [2.24, 2.45) is 0 Å². The minimum absolute atomic E-state index is 0.150. The third-order valence-electron chi connectivity index (χ3n) is 9.57. The van der Waals surface area contributed by atoms with E-state index < -0.39 is 6.10 Å². The molecule has 1 N–H and O–H groups in total. The van der Waals surface area contributed by atoms with Crippen LogP contribution in [0.1, 0.15) is 174 Å². The SMILES string of the molecule is CCCCC/C=C\C/C=C\CCCCCCCC(=O)OCC(CC1CNCCN1C)OC(=O)CCCCCCC/C=C\C/C=C\CCCCC. The lowest BCUT2D eigenvalue weighted by Crippen LogP contribution is -2.51. The normalized spacial score (nSPS) is 16.3. The number of likely N-dealkylation sites (N-methyl/N-ethyl adjacent to an activating group) is 1. The summed E-state index contributed by atoms with van der Waals surface area (Å²) < 4.78 is 11.6. The van der Waals surface area contributed by atoms with Gasteiger partial charge in [0, 0.05) is 44.9 Å². The number of rotatable bonds is 33. The molecular formula is C44H78N2O4. The molecule has 0 radical (unpaired) electrons. The van der Waals surface area contributed by atoms with Gasteiger partial charge in [-0.15, -0.1) is 0 Å². The summed E-state index contributed by atoms with van der Waals surface area (Å²) in [6.07, 6.45) is 44.9. The minimum Gasteiger partial charge on any atom is -0.462 e. The third kappa shape index (κ3) is 29.5. The standard InChI is InChI=1S/C44H78N2O4/c1-4-6-8-10-12-14-16-18-20-22-24-26-28-30-32-34-43(47)49-40-42(38-41-39-45-36-37-46(41)3)50-44(48)35-33-31-29-27-25-23-21-19-17-15-13-11-9-7-5-2/h12-15,18-21,41-42,45H,4-11,16-17,22-40H2,1-3H3/b14-12-,15-13-,20-18-,21-19-. The molecule has 2 atom stereocenters. The van der Waals surface area contributed by atoms with Crippen molar-refractivity contribution in [1.82, 2.24) is 10.2 Å². The van der Waals surface area contributed by atoms with Crippen molar-refractivity contribution in [3.05, 3.63) is 48.6 Å². The zero-order valence-corrected chi connectivity index (χ0v) is 32.9. The molecule has 1 fully saturated rings. The zero-order valence-electron chi connectivity index (χ0n) is 32.9. The first-order chi connectivity index (χ1) is 24.6. The van der Waals surface area contributed by atoms with Crippen molar-refractivity contribution in [2.45, 2.75) is 187 Å². The molecule has 0 aromatic heterocycles. The average molecular weight is 699 g/mol. The number of hydrogen-bond donors (Lipinski definition) is 1. The monoisotopic (exact) mass is 699 g/mol. The second-order valence-electron chi connectivity index (χ2n) is 14.3. The predicted molar refractivity (Wildman–Crippen MR) is 213 cm³/mol. The van der Waals surface area contributed by atoms with Crippen molar-refractivity contribution in [2.75, 3.05) is 33.3 Å². The van der Waals surface area contributed by atoms with Gasteiger partial charge in [-0.25, -0.2) is 0 Å². The topological polar surface area (TPSA) is 67.9 Å². The molecule has 50 heavy (non-hydrogen) atoms. The fourth-order valence-electron chi connectivity index (χ4n) is 6.24. The van der Waals surface area contributed by atoms with Crippen LogP contribution < -0.4 is 5.32 Å². The van der Waals surface area contributed by atoms with Crippen LogP contribution in [-0.4, -0.2) is 62.3 Å². The lowest BCUT2D eigenvalue weighted by Gasteiger charge is -2.35. The van der Waals surface area contributed by atoms with Crippen molar-refractivity contribution in [1.29, 1.82) is 0 Å². The van der Waals surface area contributed by atoms with Crippen LogP contribution in [0.5, 0.6) is 0 Å². The Kier molecular flexibility index (Phi) is 32.3. The molecule has 288 valence electrons. The Bertz CT molecular complexity index is 912. The van der Waals surface area contributed by atoms with Crippen molar-refractivity contribution < 1.29 is 19.1 Å². The highest BCUT2D eigenvalue weighted by Gasteiger charge is 2.26. The van der Waals surface area contributed by atoms with Crippen molar-refractivity contribution in [3.63, 3.8) is 0 Å². The molecule has 0 aromatic carbocycles. The molecule has 1 aliphatic rings. The molecule has 1 rings (SSSR count). The van der Waals surface area contributed by atoms with E-state index in [0.29, 0.717) is 19.3 Å². The van der Waals surface area contributed by atoms with E-state index in [1.165, 1.54) is 77.0 Å². The van der Waals surface area contributed by atoms with Gasteiger partial charge in [0.15, 0.2) is 0 Å². The van der Waals surface area contributed by atoms with Crippen molar-refractivity contribution >= 4 is 11.9 Å². The Morgan fingerprint density at radius 2 is 1.10 bits per heavy atom. The first-order valence-electron chi connectivity index (χ1n) is 20.9. The Morgan fingerprint density at radius 3 is 1.60 bits per heavy atom. The van der Waals surface area contributed by atoms with Crippen LogP contribution in [0.2, 0.25) is 0 Å². The van der Waals surface area contributed by atoms with Gasteiger partial charge in [0.2, 0.25) is 0 Å². The van der Waals surface area contributed by atoms with Crippen LogP contribution in [0.4, 0.5) is 0 Å². The van der Waals surface area contributed by atoms with Gasteiger partial charge in [0.25, 0.3) is 0 Å².